The highest BCUT2D eigenvalue weighted by atomic mass is 16.5. The average molecular weight is 331 g/mol. The van der Waals surface area contributed by atoms with Gasteiger partial charge in [-0.15, -0.1) is 0 Å². The monoisotopic (exact) mass is 331 g/mol. The molecule has 0 spiro atoms. The summed E-state index contributed by atoms with van der Waals surface area (Å²) in [4.78, 5) is 18.9. The topological polar surface area (TPSA) is 77.7 Å². The highest BCUT2D eigenvalue weighted by Crippen LogP contribution is 2.31. The molecule has 2 heterocycles. The minimum atomic E-state index is -0.144. The predicted molar refractivity (Wildman–Crippen MR) is 85.3 cm³/mol. The number of carbonyl (C=O) groups is 1. The van der Waals surface area contributed by atoms with Gasteiger partial charge in [-0.3, -0.25) is 4.79 Å². The first kappa shape index (κ1) is 16.6. The summed E-state index contributed by atoms with van der Waals surface area (Å²) in [5, 5.41) is 4.03. The van der Waals surface area contributed by atoms with E-state index in [4.69, 9.17) is 14.0 Å². The number of hydrogen-bond acceptors (Lipinski definition) is 6. The summed E-state index contributed by atoms with van der Waals surface area (Å²) in [6.45, 7) is 1.93. The fourth-order valence-corrected chi connectivity index (χ4v) is 2.79. The van der Waals surface area contributed by atoms with Crippen molar-refractivity contribution in [2.45, 2.75) is 25.5 Å². The van der Waals surface area contributed by atoms with Crippen LogP contribution in [0, 0.1) is 0 Å². The zero-order valence-electron chi connectivity index (χ0n) is 13.7. The molecule has 1 atom stereocenters. The highest BCUT2D eigenvalue weighted by molar-refractivity contribution is 5.94. The third-order valence-electron chi connectivity index (χ3n) is 3.97. The second kappa shape index (κ2) is 8.03. The predicted octanol–water partition coefficient (Wildman–Crippen LogP) is 2.21. The van der Waals surface area contributed by atoms with E-state index in [0.717, 1.165) is 12.8 Å². The molecule has 1 aliphatic rings. The maximum Gasteiger partial charge on any atom is 0.254 e. The maximum atomic E-state index is 12.7. The van der Waals surface area contributed by atoms with Crippen LogP contribution < -0.4 is 0 Å². The van der Waals surface area contributed by atoms with Crippen LogP contribution in [0.25, 0.3) is 0 Å². The Hall–Kier alpha value is -2.25. The number of benzene rings is 1. The second-order valence-corrected chi connectivity index (χ2v) is 5.61. The van der Waals surface area contributed by atoms with Gasteiger partial charge >= 0.3 is 0 Å². The van der Waals surface area contributed by atoms with Gasteiger partial charge in [-0.25, -0.2) is 0 Å². The van der Waals surface area contributed by atoms with Crippen molar-refractivity contribution >= 4 is 5.91 Å². The van der Waals surface area contributed by atoms with Gasteiger partial charge in [0, 0.05) is 19.2 Å². The average Bonchev–Trinajstić information content (AvgIpc) is 3.28. The summed E-state index contributed by atoms with van der Waals surface area (Å²) in [5.74, 6) is 0.961. The normalized spacial score (nSPS) is 17.4. The Balaban J connectivity index is 1.65. The molecule has 1 amide bonds. The van der Waals surface area contributed by atoms with E-state index in [1.165, 1.54) is 0 Å². The van der Waals surface area contributed by atoms with Crippen LogP contribution in [0.4, 0.5) is 0 Å². The molecule has 0 aliphatic carbocycles. The van der Waals surface area contributed by atoms with E-state index in [2.05, 4.69) is 10.1 Å². The van der Waals surface area contributed by atoms with Crippen LogP contribution in [-0.2, 0) is 16.1 Å². The number of rotatable bonds is 7. The lowest BCUT2D eigenvalue weighted by Crippen LogP contribution is -2.31. The Morgan fingerprint density at radius 3 is 2.96 bits per heavy atom. The lowest BCUT2D eigenvalue weighted by atomic mass is 10.1. The first-order chi connectivity index (χ1) is 11.8. The standard InChI is InChI=1S/C17H21N3O4/c1-22-10-11-23-12-15-18-16(19-24-15)14-8-5-9-20(14)17(21)13-6-3-2-4-7-13/h2-4,6-7,14H,5,8-12H2,1H3. The number of carbonyl (C=O) groups excluding carboxylic acids is 1. The van der Waals surface area contributed by atoms with Crippen LogP contribution in [0.1, 0.15) is 41.0 Å². The summed E-state index contributed by atoms with van der Waals surface area (Å²) in [6, 6.07) is 9.12. The molecule has 1 saturated heterocycles. The SMILES string of the molecule is COCCOCc1nc(C2CCCN2C(=O)c2ccccc2)no1. The Morgan fingerprint density at radius 2 is 2.17 bits per heavy atom. The molecule has 0 N–H and O–H groups in total. The molecule has 0 bridgehead atoms. The third kappa shape index (κ3) is 3.80. The smallest absolute Gasteiger partial charge is 0.254 e. The number of amides is 1. The quantitative estimate of drug-likeness (QED) is 0.724. The maximum absolute atomic E-state index is 12.7. The lowest BCUT2D eigenvalue weighted by molar-refractivity contribution is 0.0494. The van der Waals surface area contributed by atoms with Crippen LogP contribution in [-0.4, -0.2) is 47.8 Å². The van der Waals surface area contributed by atoms with Crippen LogP contribution in [0.2, 0.25) is 0 Å². The highest BCUT2D eigenvalue weighted by Gasteiger charge is 2.33. The molecule has 1 aliphatic heterocycles. The number of aromatic nitrogens is 2. The number of hydrogen-bond donors (Lipinski definition) is 0. The first-order valence-electron chi connectivity index (χ1n) is 8.05. The van der Waals surface area contributed by atoms with E-state index in [1.807, 2.05) is 35.2 Å². The lowest BCUT2D eigenvalue weighted by Gasteiger charge is -2.22. The molecule has 24 heavy (non-hydrogen) atoms. The van der Waals surface area contributed by atoms with Crippen molar-refractivity contribution in [3.8, 4) is 0 Å². The van der Waals surface area contributed by atoms with E-state index in [9.17, 15) is 4.79 Å². The van der Waals surface area contributed by atoms with Gasteiger partial charge in [-0.2, -0.15) is 4.98 Å². The largest absolute Gasteiger partial charge is 0.382 e. The van der Waals surface area contributed by atoms with E-state index in [-0.39, 0.29) is 18.6 Å². The molecule has 1 aromatic heterocycles. The molecule has 0 radical (unpaired) electrons. The fraction of sp³-hybridized carbons (Fsp3) is 0.471. The van der Waals surface area contributed by atoms with E-state index >= 15 is 0 Å². The molecule has 128 valence electrons. The molecule has 0 saturated carbocycles. The second-order valence-electron chi connectivity index (χ2n) is 5.61. The van der Waals surface area contributed by atoms with Gasteiger partial charge in [-0.05, 0) is 25.0 Å². The molecule has 1 aromatic carbocycles. The number of ether oxygens (including phenoxy) is 2. The Labute approximate surface area is 140 Å². The van der Waals surface area contributed by atoms with Crippen molar-refractivity contribution in [3.05, 3.63) is 47.6 Å². The third-order valence-corrected chi connectivity index (χ3v) is 3.97. The summed E-state index contributed by atoms with van der Waals surface area (Å²) < 4.78 is 15.5. The van der Waals surface area contributed by atoms with Crippen molar-refractivity contribution in [1.82, 2.24) is 15.0 Å². The minimum Gasteiger partial charge on any atom is -0.382 e. The molecule has 2 aromatic rings. The number of nitrogens with zero attached hydrogens (tertiary/aromatic N) is 3. The van der Waals surface area contributed by atoms with Gasteiger partial charge in [0.05, 0.1) is 19.3 Å². The molecule has 3 rings (SSSR count). The number of methoxy groups -OCH3 is 1. The molecule has 1 fully saturated rings. The van der Waals surface area contributed by atoms with Crippen LogP contribution in [0.3, 0.4) is 0 Å². The molecule has 1 unspecified atom stereocenters. The summed E-state index contributed by atoms with van der Waals surface area (Å²) in [6.07, 6.45) is 1.76. The van der Waals surface area contributed by atoms with Gasteiger partial charge in [-0.1, -0.05) is 23.4 Å². The van der Waals surface area contributed by atoms with Crippen LogP contribution in [0.15, 0.2) is 34.9 Å². The Kier molecular flexibility index (Phi) is 5.55. The van der Waals surface area contributed by atoms with E-state index in [0.29, 0.717) is 37.0 Å². The van der Waals surface area contributed by atoms with Crippen LogP contribution in [0.5, 0.6) is 0 Å². The zero-order valence-corrected chi connectivity index (χ0v) is 13.7. The van der Waals surface area contributed by atoms with Gasteiger partial charge in [0.25, 0.3) is 11.8 Å². The van der Waals surface area contributed by atoms with Crippen molar-refractivity contribution in [2.24, 2.45) is 0 Å². The van der Waals surface area contributed by atoms with Crippen molar-refractivity contribution in [3.63, 3.8) is 0 Å². The van der Waals surface area contributed by atoms with Crippen molar-refractivity contribution in [2.75, 3.05) is 26.9 Å². The molecule has 7 nitrogen and oxygen atoms in total. The molecular weight excluding hydrogens is 310 g/mol. The molecular formula is C17H21N3O4. The Bertz CT molecular complexity index is 659. The van der Waals surface area contributed by atoms with Gasteiger partial charge in [0.1, 0.15) is 6.61 Å². The van der Waals surface area contributed by atoms with Crippen LogP contribution >= 0.6 is 0 Å². The fourth-order valence-electron chi connectivity index (χ4n) is 2.79. The summed E-state index contributed by atoms with van der Waals surface area (Å²) in [5.41, 5.74) is 0.677. The zero-order chi connectivity index (χ0) is 16.8. The summed E-state index contributed by atoms with van der Waals surface area (Å²) in [7, 11) is 1.62. The number of likely N-dealkylation sites (tertiary alicyclic amines) is 1. The Morgan fingerprint density at radius 1 is 1.33 bits per heavy atom. The van der Waals surface area contributed by atoms with Crippen molar-refractivity contribution < 1.29 is 18.8 Å². The van der Waals surface area contributed by atoms with Gasteiger partial charge in [0.2, 0.25) is 0 Å². The molecule has 7 heteroatoms. The van der Waals surface area contributed by atoms with Crippen molar-refractivity contribution in [1.29, 1.82) is 0 Å². The van der Waals surface area contributed by atoms with E-state index in [1.54, 1.807) is 7.11 Å². The van der Waals surface area contributed by atoms with Gasteiger partial charge in [0.15, 0.2) is 5.82 Å². The minimum absolute atomic E-state index is 0.000736. The first-order valence-corrected chi connectivity index (χ1v) is 8.05. The summed E-state index contributed by atoms with van der Waals surface area (Å²) >= 11 is 0. The van der Waals surface area contributed by atoms with Gasteiger partial charge < -0.3 is 18.9 Å². The van der Waals surface area contributed by atoms with E-state index < -0.39 is 0 Å².